The van der Waals surface area contributed by atoms with Crippen LogP contribution in [0.3, 0.4) is 0 Å². The summed E-state index contributed by atoms with van der Waals surface area (Å²) in [6, 6.07) is 6.40. The summed E-state index contributed by atoms with van der Waals surface area (Å²) in [5.41, 5.74) is 0. The molecule has 0 aliphatic heterocycles. The van der Waals surface area contributed by atoms with Crippen LogP contribution in [0.25, 0.3) is 0 Å². The lowest BCUT2D eigenvalue weighted by molar-refractivity contribution is -0.120. The molecule has 18 heavy (non-hydrogen) atoms. The van der Waals surface area contributed by atoms with E-state index in [2.05, 4.69) is 0 Å². The molecule has 0 N–H and O–H groups in total. The van der Waals surface area contributed by atoms with Gasteiger partial charge in [-0.15, -0.1) is 0 Å². The van der Waals surface area contributed by atoms with Crippen LogP contribution in [0.2, 0.25) is 0 Å². The van der Waals surface area contributed by atoms with E-state index in [-0.39, 0.29) is 10.7 Å². The SMILES string of the molecule is COc1cccc(S(=O)(=O)C2CCC(=O)C2C)c1. The predicted molar refractivity (Wildman–Crippen MR) is 67.4 cm³/mol. The summed E-state index contributed by atoms with van der Waals surface area (Å²) in [7, 11) is -1.96. The number of carbonyl (C=O) groups is 1. The van der Waals surface area contributed by atoms with E-state index in [9.17, 15) is 13.2 Å². The van der Waals surface area contributed by atoms with E-state index >= 15 is 0 Å². The van der Waals surface area contributed by atoms with Crippen LogP contribution < -0.4 is 4.74 Å². The van der Waals surface area contributed by atoms with Gasteiger partial charge in [0.2, 0.25) is 0 Å². The minimum absolute atomic E-state index is 0.0338. The summed E-state index contributed by atoms with van der Waals surface area (Å²) in [6.07, 6.45) is 0.772. The Hall–Kier alpha value is -1.36. The van der Waals surface area contributed by atoms with E-state index in [1.807, 2.05) is 0 Å². The minimum Gasteiger partial charge on any atom is -0.497 e. The molecule has 0 saturated heterocycles. The molecule has 1 aromatic carbocycles. The molecule has 1 saturated carbocycles. The van der Waals surface area contributed by atoms with Gasteiger partial charge in [0.15, 0.2) is 9.84 Å². The molecule has 4 nitrogen and oxygen atoms in total. The largest absolute Gasteiger partial charge is 0.497 e. The molecule has 0 amide bonds. The molecule has 0 radical (unpaired) electrons. The van der Waals surface area contributed by atoms with Gasteiger partial charge in [0.05, 0.1) is 17.3 Å². The Kier molecular flexibility index (Phi) is 3.43. The molecule has 98 valence electrons. The molecule has 2 rings (SSSR count). The van der Waals surface area contributed by atoms with Crippen molar-refractivity contribution in [3.63, 3.8) is 0 Å². The highest BCUT2D eigenvalue weighted by Gasteiger charge is 2.40. The van der Waals surface area contributed by atoms with Crippen LogP contribution >= 0.6 is 0 Å². The number of sulfone groups is 1. The third-order valence-corrected chi connectivity index (χ3v) is 5.86. The van der Waals surface area contributed by atoms with Gasteiger partial charge in [-0.25, -0.2) is 8.42 Å². The number of rotatable bonds is 3. The molecule has 1 aliphatic rings. The molecular formula is C13H16O4S. The summed E-state index contributed by atoms with van der Waals surface area (Å²) in [5, 5.41) is -0.600. The van der Waals surface area contributed by atoms with Crippen LogP contribution in [0, 0.1) is 5.92 Å². The van der Waals surface area contributed by atoms with Crippen molar-refractivity contribution in [3.8, 4) is 5.75 Å². The molecular weight excluding hydrogens is 252 g/mol. The van der Waals surface area contributed by atoms with Gasteiger partial charge in [-0.05, 0) is 24.6 Å². The van der Waals surface area contributed by atoms with Gasteiger partial charge in [0, 0.05) is 12.3 Å². The minimum atomic E-state index is -3.45. The Labute approximate surface area is 107 Å². The fourth-order valence-electron chi connectivity index (χ4n) is 2.35. The van der Waals surface area contributed by atoms with Crippen molar-refractivity contribution >= 4 is 15.6 Å². The van der Waals surface area contributed by atoms with Crippen molar-refractivity contribution in [2.75, 3.05) is 7.11 Å². The highest BCUT2D eigenvalue weighted by atomic mass is 32.2. The van der Waals surface area contributed by atoms with Crippen LogP contribution in [0.15, 0.2) is 29.2 Å². The highest BCUT2D eigenvalue weighted by molar-refractivity contribution is 7.92. The third kappa shape index (κ3) is 2.14. The first-order valence-corrected chi connectivity index (χ1v) is 7.42. The third-order valence-electron chi connectivity index (χ3n) is 3.51. The standard InChI is InChI=1S/C13H16O4S/c1-9-12(14)6-7-13(9)18(15,16)11-5-3-4-10(8-11)17-2/h3-5,8-9,13H,6-7H2,1-2H3. The topological polar surface area (TPSA) is 60.4 Å². The fraction of sp³-hybridized carbons (Fsp3) is 0.462. The number of ketones is 1. The normalized spacial score (nSPS) is 24.2. The Bertz CT molecular complexity index is 562. The maximum atomic E-state index is 12.5. The summed E-state index contributed by atoms with van der Waals surface area (Å²) >= 11 is 0. The van der Waals surface area contributed by atoms with Crippen molar-refractivity contribution in [3.05, 3.63) is 24.3 Å². The second kappa shape index (κ2) is 4.72. The monoisotopic (exact) mass is 268 g/mol. The summed E-state index contributed by atoms with van der Waals surface area (Å²) < 4.78 is 29.9. The molecule has 5 heteroatoms. The Balaban J connectivity index is 2.39. The maximum Gasteiger partial charge on any atom is 0.182 e. The number of Topliss-reactive ketones (excluding diaryl/α,β-unsaturated/α-hetero) is 1. The van der Waals surface area contributed by atoms with Crippen LogP contribution in [-0.4, -0.2) is 26.6 Å². The second-order valence-corrected chi connectivity index (χ2v) is 6.72. The lowest BCUT2D eigenvalue weighted by Crippen LogP contribution is -2.26. The van der Waals surface area contributed by atoms with Crippen LogP contribution in [0.1, 0.15) is 19.8 Å². The van der Waals surface area contributed by atoms with Gasteiger partial charge in [0.25, 0.3) is 0 Å². The van der Waals surface area contributed by atoms with E-state index < -0.39 is 21.0 Å². The van der Waals surface area contributed by atoms with E-state index in [4.69, 9.17) is 4.74 Å². The van der Waals surface area contributed by atoms with Crippen LogP contribution in [0.5, 0.6) is 5.75 Å². The van der Waals surface area contributed by atoms with Gasteiger partial charge in [-0.1, -0.05) is 13.0 Å². The van der Waals surface area contributed by atoms with Gasteiger partial charge in [-0.2, -0.15) is 0 Å². The second-order valence-electron chi connectivity index (χ2n) is 4.56. The maximum absolute atomic E-state index is 12.5. The van der Waals surface area contributed by atoms with Gasteiger partial charge in [-0.3, -0.25) is 4.79 Å². The number of benzene rings is 1. The van der Waals surface area contributed by atoms with Crippen LogP contribution in [-0.2, 0) is 14.6 Å². The lowest BCUT2D eigenvalue weighted by atomic mass is 10.1. The number of ether oxygens (including phenoxy) is 1. The first-order chi connectivity index (χ1) is 8.46. The van der Waals surface area contributed by atoms with Gasteiger partial charge >= 0.3 is 0 Å². The molecule has 2 unspecified atom stereocenters. The predicted octanol–water partition coefficient (Wildman–Crippen LogP) is 1.84. The smallest absolute Gasteiger partial charge is 0.182 e. The zero-order valence-corrected chi connectivity index (χ0v) is 11.2. The average molecular weight is 268 g/mol. The number of methoxy groups -OCH3 is 1. The van der Waals surface area contributed by atoms with E-state index in [0.717, 1.165) is 0 Å². The Morgan fingerprint density at radius 1 is 1.33 bits per heavy atom. The number of hydrogen-bond acceptors (Lipinski definition) is 4. The summed E-state index contributed by atoms with van der Waals surface area (Å²) in [4.78, 5) is 11.7. The zero-order valence-electron chi connectivity index (χ0n) is 10.4. The van der Waals surface area contributed by atoms with E-state index in [1.54, 1.807) is 25.1 Å². The summed E-state index contributed by atoms with van der Waals surface area (Å²) in [5.74, 6) is 0.126. The molecule has 1 aromatic rings. The number of carbonyl (C=O) groups excluding carboxylic acids is 1. The van der Waals surface area contributed by atoms with Crippen molar-refractivity contribution in [2.45, 2.75) is 29.9 Å². The van der Waals surface area contributed by atoms with Crippen molar-refractivity contribution in [1.82, 2.24) is 0 Å². The van der Waals surface area contributed by atoms with Gasteiger partial charge in [0.1, 0.15) is 11.5 Å². The van der Waals surface area contributed by atoms with Crippen molar-refractivity contribution in [1.29, 1.82) is 0 Å². The lowest BCUT2D eigenvalue weighted by Gasteiger charge is -2.15. The number of hydrogen-bond donors (Lipinski definition) is 0. The first-order valence-electron chi connectivity index (χ1n) is 5.87. The fourth-order valence-corrected chi connectivity index (χ4v) is 4.36. The highest BCUT2D eigenvalue weighted by Crippen LogP contribution is 2.33. The molecule has 1 fully saturated rings. The Morgan fingerprint density at radius 2 is 2.06 bits per heavy atom. The zero-order chi connectivity index (χ0) is 13.3. The molecule has 2 atom stereocenters. The molecule has 0 spiro atoms. The average Bonchev–Trinajstić information content (AvgIpc) is 2.70. The van der Waals surface area contributed by atoms with Crippen molar-refractivity contribution < 1.29 is 17.9 Å². The van der Waals surface area contributed by atoms with Crippen molar-refractivity contribution in [2.24, 2.45) is 5.92 Å². The molecule has 0 aromatic heterocycles. The molecule has 0 heterocycles. The molecule has 0 bridgehead atoms. The Morgan fingerprint density at radius 3 is 2.61 bits per heavy atom. The van der Waals surface area contributed by atoms with E-state index in [0.29, 0.717) is 18.6 Å². The van der Waals surface area contributed by atoms with Gasteiger partial charge < -0.3 is 4.74 Å². The van der Waals surface area contributed by atoms with Crippen LogP contribution in [0.4, 0.5) is 0 Å². The molecule has 1 aliphatic carbocycles. The quantitative estimate of drug-likeness (QED) is 0.839. The summed E-state index contributed by atoms with van der Waals surface area (Å²) in [6.45, 7) is 1.69. The van der Waals surface area contributed by atoms with E-state index in [1.165, 1.54) is 13.2 Å². The first kappa shape index (κ1) is 13.1.